The van der Waals surface area contributed by atoms with E-state index in [0.29, 0.717) is 18.0 Å². The number of rotatable bonds is 4. The number of hydrogen-bond donors (Lipinski definition) is 0. The zero-order chi connectivity index (χ0) is 23.4. The number of carbonyl (C=O) groups excluding carboxylic acids is 2. The summed E-state index contributed by atoms with van der Waals surface area (Å²) >= 11 is 6.00. The fourth-order valence-electron chi connectivity index (χ4n) is 3.97. The lowest BCUT2D eigenvalue weighted by Gasteiger charge is -2.30. The summed E-state index contributed by atoms with van der Waals surface area (Å²) in [6.07, 6.45) is -5.13. The average Bonchev–Trinajstić information content (AvgIpc) is 3.20. The van der Waals surface area contributed by atoms with E-state index in [9.17, 15) is 22.8 Å². The molecule has 2 fully saturated rings. The number of fused-ring (bicyclic) bond motifs is 1. The molecule has 0 unspecified atom stereocenters. The topological polar surface area (TPSA) is 75.2 Å². The first-order valence-corrected chi connectivity index (χ1v) is 9.80. The zero-order valence-corrected chi connectivity index (χ0v) is 17.9. The normalized spacial score (nSPS) is 23.6. The first-order chi connectivity index (χ1) is 15.0. The molecule has 2 aliphatic rings. The summed E-state index contributed by atoms with van der Waals surface area (Å²) in [7, 11) is 4.48. The molecule has 2 aliphatic heterocycles. The van der Waals surface area contributed by atoms with E-state index in [1.165, 1.54) is 19.2 Å². The van der Waals surface area contributed by atoms with Gasteiger partial charge in [0, 0.05) is 20.3 Å². The number of carbonyl (C=O) groups is 2. The average molecular weight is 471 g/mol. The molecule has 3 atom stereocenters. The third-order valence-corrected chi connectivity index (χ3v) is 5.78. The highest BCUT2D eigenvalue weighted by Gasteiger charge is 2.60. The van der Waals surface area contributed by atoms with E-state index in [0.717, 1.165) is 15.6 Å². The number of hydrogen-bond acceptors (Lipinski definition) is 7. The van der Waals surface area contributed by atoms with Crippen LogP contribution in [0.1, 0.15) is 17.2 Å². The van der Waals surface area contributed by atoms with Gasteiger partial charge in [-0.15, -0.1) is 0 Å². The number of benzene rings is 1. The number of amides is 2. The molecule has 0 radical (unpaired) electrons. The molecular formula is C20H18ClF3N4O4. The molecular weight excluding hydrogens is 453 g/mol. The predicted molar refractivity (Wildman–Crippen MR) is 106 cm³/mol. The van der Waals surface area contributed by atoms with Crippen molar-refractivity contribution in [2.24, 2.45) is 5.92 Å². The van der Waals surface area contributed by atoms with Crippen LogP contribution >= 0.6 is 11.6 Å². The Labute approximate surface area is 186 Å². The largest absolute Gasteiger partial charge is 0.497 e. The van der Waals surface area contributed by atoms with Gasteiger partial charge in [0.05, 0.1) is 29.7 Å². The number of ether oxygens (including phenoxy) is 1. The molecule has 0 N–H and O–H groups in total. The van der Waals surface area contributed by atoms with Crippen LogP contribution < -0.4 is 9.75 Å². The second kappa shape index (κ2) is 7.91. The number of anilines is 1. The number of pyridine rings is 1. The summed E-state index contributed by atoms with van der Waals surface area (Å²) in [6.45, 7) is 0. The summed E-state index contributed by atoms with van der Waals surface area (Å²) in [4.78, 5) is 35.7. The summed E-state index contributed by atoms with van der Waals surface area (Å²) in [5.41, 5.74) is -0.308. The predicted octanol–water partition coefficient (Wildman–Crippen LogP) is 3.09. The van der Waals surface area contributed by atoms with Crippen LogP contribution in [0.3, 0.4) is 0 Å². The van der Waals surface area contributed by atoms with Crippen LogP contribution in [0.5, 0.6) is 5.75 Å². The number of nitrogens with zero attached hydrogens (tertiary/aromatic N) is 4. The highest BCUT2D eigenvalue weighted by Crippen LogP contribution is 2.45. The van der Waals surface area contributed by atoms with Gasteiger partial charge < -0.3 is 4.74 Å². The van der Waals surface area contributed by atoms with Gasteiger partial charge in [-0.1, -0.05) is 23.7 Å². The van der Waals surface area contributed by atoms with E-state index < -0.39 is 41.6 Å². The second-order valence-corrected chi connectivity index (χ2v) is 7.76. The molecule has 1 aromatic heterocycles. The summed E-state index contributed by atoms with van der Waals surface area (Å²) in [5, 5.41) is 2.94. The minimum Gasteiger partial charge on any atom is -0.497 e. The molecule has 2 saturated heterocycles. The number of hydroxylamine groups is 2. The van der Waals surface area contributed by atoms with E-state index >= 15 is 0 Å². The van der Waals surface area contributed by atoms with Gasteiger partial charge in [-0.25, -0.2) is 4.98 Å². The maximum atomic E-state index is 13.3. The van der Waals surface area contributed by atoms with Gasteiger partial charge in [0.2, 0.25) is 0 Å². The minimum absolute atomic E-state index is 0.171. The highest BCUT2D eigenvalue weighted by atomic mass is 35.5. The van der Waals surface area contributed by atoms with Gasteiger partial charge in [0.1, 0.15) is 5.75 Å². The monoisotopic (exact) mass is 470 g/mol. The first kappa shape index (κ1) is 22.3. The summed E-state index contributed by atoms with van der Waals surface area (Å²) in [5.74, 6) is -1.65. The number of alkyl halides is 3. The van der Waals surface area contributed by atoms with Crippen LogP contribution in [-0.2, 0) is 20.6 Å². The van der Waals surface area contributed by atoms with Crippen molar-refractivity contribution < 1.29 is 32.3 Å². The van der Waals surface area contributed by atoms with Crippen LogP contribution in [0.2, 0.25) is 5.02 Å². The van der Waals surface area contributed by atoms with Crippen LogP contribution in [-0.4, -0.2) is 54.2 Å². The van der Waals surface area contributed by atoms with E-state index in [4.69, 9.17) is 21.2 Å². The van der Waals surface area contributed by atoms with Gasteiger partial charge in [0.25, 0.3) is 11.8 Å². The van der Waals surface area contributed by atoms with Crippen molar-refractivity contribution in [1.82, 2.24) is 15.1 Å². The molecule has 12 heteroatoms. The molecule has 1 aromatic carbocycles. The van der Waals surface area contributed by atoms with Crippen molar-refractivity contribution in [2.75, 3.05) is 26.2 Å². The smallest absolute Gasteiger partial charge is 0.417 e. The maximum absolute atomic E-state index is 13.3. The molecule has 3 heterocycles. The van der Waals surface area contributed by atoms with Crippen molar-refractivity contribution in [2.45, 2.75) is 18.3 Å². The lowest BCUT2D eigenvalue weighted by Crippen LogP contribution is -2.47. The molecule has 170 valence electrons. The molecule has 4 rings (SSSR count). The van der Waals surface area contributed by atoms with Crippen molar-refractivity contribution >= 4 is 29.2 Å². The second-order valence-electron chi connectivity index (χ2n) is 7.36. The summed E-state index contributed by atoms with van der Waals surface area (Å²) in [6, 6.07) is 7.13. The van der Waals surface area contributed by atoms with Crippen LogP contribution in [0.15, 0.2) is 36.5 Å². The molecule has 0 aliphatic carbocycles. The van der Waals surface area contributed by atoms with Crippen molar-refractivity contribution in [3.63, 3.8) is 0 Å². The third-order valence-electron chi connectivity index (χ3n) is 5.50. The fraction of sp³-hybridized carbons (Fsp3) is 0.350. The number of aromatic nitrogens is 1. The first-order valence-electron chi connectivity index (χ1n) is 9.42. The third kappa shape index (κ3) is 3.55. The SMILES string of the molecule is COc1ccc([C@H]2[C@@H]3C(=O)N(N(C)c4ncc(C(F)(F)F)cc4Cl)C(=O)[C@@H]3ON2C)cc1. The van der Waals surface area contributed by atoms with Crippen molar-refractivity contribution in [3.8, 4) is 5.75 Å². The fourth-order valence-corrected chi connectivity index (χ4v) is 4.26. The zero-order valence-electron chi connectivity index (χ0n) is 17.1. The molecule has 32 heavy (non-hydrogen) atoms. The number of methoxy groups -OCH3 is 1. The lowest BCUT2D eigenvalue weighted by molar-refractivity contribution is -0.170. The maximum Gasteiger partial charge on any atom is 0.417 e. The Morgan fingerprint density at radius 3 is 2.41 bits per heavy atom. The van der Waals surface area contributed by atoms with Gasteiger partial charge in [0.15, 0.2) is 11.9 Å². The molecule has 2 amide bonds. The molecule has 0 bridgehead atoms. The molecule has 0 saturated carbocycles. The van der Waals surface area contributed by atoms with Crippen LogP contribution in [0.25, 0.3) is 0 Å². The lowest BCUT2D eigenvalue weighted by atomic mass is 9.91. The Morgan fingerprint density at radius 2 is 1.84 bits per heavy atom. The standard InChI is InChI=1S/C20H18ClF3N4O4/c1-26(17-13(21)8-11(9-25-17)20(22,23)24)28-18(29)14-15(27(2)32-16(14)19(28)30)10-4-6-12(31-3)7-5-10/h4-9,14-16H,1-3H3/t14-,15-,16+/m0/s1. The van der Waals surface area contributed by atoms with Gasteiger partial charge in [-0.05, 0) is 23.8 Å². The Kier molecular flexibility index (Phi) is 5.51. The minimum atomic E-state index is -4.63. The van der Waals surface area contributed by atoms with E-state index in [1.54, 1.807) is 31.3 Å². The number of hydrazine groups is 1. The van der Waals surface area contributed by atoms with Gasteiger partial charge >= 0.3 is 6.18 Å². The molecule has 8 nitrogen and oxygen atoms in total. The van der Waals surface area contributed by atoms with E-state index in [2.05, 4.69) is 4.98 Å². The van der Waals surface area contributed by atoms with Crippen LogP contribution in [0.4, 0.5) is 19.0 Å². The Hall–Kier alpha value is -2.89. The van der Waals surface area contributed by atoms with Gasteiger partial charge in [-0.3, -0.25) is 19.4 Å². The Morgan fingerprint density at radius 1 is 1.19 bits per heavy atom. The van der Waals surface area contributed by atoms with E-state index in [1.807, 2.05) is 0 Å². The molecule has 0 spiro atoms. The number of halogens is 4. The van der Waals surface area contributed by atoms with E-state index in [-0.39, 0.29) is 10.8 Å². The van der Waals surface area contributed by atoms with Crippen LogP contribution in [0, 0.1) is 5.92 Å². The van der Waals surface area contributed by atoms with Crippen molar-refractivity contribution in [3.05, 3.63) is 52.7 Å². The Balaban J connectivity index is 1.64. The highest BCUT2D eigenvalue weighted by molar-refractivity contribution is 6.33. The quantitative estimate of drug-likeness (QED) is 0.636. The molecule has 2 aromatic rings. The van der Waals surface area contributed by atoms with Gasteiger partial charge in [-0.2, -0.15) is 23.2 Å². The summed E-state index contributed by atoms with van der Waals surface area (Å²) < 4.78 is 43.9. The number of imide groups is 1. The Bertz CT molecular complexity index is 1070. The van der Waals surface area contributed by atoms with Crippen molar-refractivity contribution in [1.29, 1.82) is 0 Å².